The van der Waals surface area contributed by atoms with Gasteiger partial charge in [-0.05, 0) is 24.3 Å². The van der Waals surface area contributed by atoms with E-state index in [9.17, 15) is 14.9 Å². The smallest absolute Gasteiger partial charge is 0.358 e. The highest BCUT2D eigenvalue weighted by Crippen LogP contribution is 2.32. The first-order valence-corrected chi connectivity index (χ1v) is 7.07. The number of aliphatic hydroxyl groups is 1. The quantitative estimate of drug-likeness (QED) is 0.446. The molecule has 2 aromatic rings. The summed E-state index contributed by atoms with van der Waals surface area (Å²) in [6.45, 7) is 0.472. The summed E-state index contributed by atoms with van der Waals surface area (Å²) in [5.74, 6) is -1.08. The van der Waals surface area contributed by atoms with Crippen LogP contribution in [0.5, 0.6) is 11.5 Å². The third-order valence-corrected chi connectivity index (χ3v) is 2.77. The predicted octanol–water partition coefficient (Wildman–Crippen LogP) is 1.46. The molecule has 10 nitrogen and oxygen atoms in total. The summed E-state index contributed by atoms with van der Waals surface area (Å²) >= 11 is 0. The third-order valence-electron chi connectivity index (χ3n) is 2.77. The van der Waals surface area contributed by atoms with Gasteiger partial charge in [-0.1, -0.05) is 0 Å². The number of carbonyl (C=O) groups is 1. The summed E-state index contributed by atoms with van der Waals surface area (Å²) in [5.41, 5.74) is 4.67. The van der Waals surface area contributed by atoms with Crippen molar-refractivity contribution in [1.82, 2.24) is 4.98 Å². The fourth-order valence-corrected chi connectivity index (χ4v) is 1.70. The average Bonchev–Trinajstić information content (AvgIpc) is 2.62. The van der Waals surface area contributed by atoms with Crippen molar-refractivity contribution in [3.8, 4) is 11.5 Å². The summed E-state index contributed by atoms with van der Waals surface area (Å²) < 4.78 is 5.39. The first kappa shape index (κ1) is 19.8. The highest BCUT2D eigenvalue weighted by atomic mass is 16.6. The predicted molar refractivity (Wildman–Crippen MR) is 90.1 cm³/mol. The van der Waals surface area contributed by atoms with E-state index in [-0.39, 0.29) is 29.5 Å². The van der Waals surface area contributed by atoms with Gasteiger partial charge in [-0.2, -0.15) is 0 Å². The molecule has 0 spiro atoms. The van der Waals surface area contributed by atoms with Crippen molar-refractivity contribution in [2.45, 2.75) is 0 Å². The van der Waals surface area contributed by atoms with Crippen molar-refractivity contribution < 1.29 is 24.7 Å². The SMILES string of the molecule is CNc1ccc(Oc2cccnc2C(=O)O)cc1[N+](=O)[O-].NCCO. The van der Waals surface area contributed by atoms with Crippen LogP contribution < -0.4 is 15.8 Å². The van der Waals surface area contributed by atoms with E-state index in [2.05, 4.69) is 10.3 Å². The highest BCUT2D eigenvalue weighted by molar-refractivity contribution is 5.88. The number of ether oxygens (including phenoxy) is 1. The molecular weight excluding hydrogens is 332 g/mol. The zero-order valence-corrected chi connectivity index (χ0v) is 13.4. The van der Waals surface area contributed by atoms with Gasteiger partial charge in [0.2, 0.25) is 0 Å². The molecule has 5 N–H and O–H groups in total. The van der Waals surface area contributed by atoms with E-state index in [0.717, 1.165) is 0 Å². The Morgan fingerprint density at radius 1 is 1.44 bits per heavy atom. The molecule has 0 saturated heterocycles. The minimum absolute atomic E-state index is 0.0107. The molecule has 0 amide bonds. The minimum Gasteiger partial charge on any atom is -0.476 e. The highest BCUT2D eigenvalue weighted by Gasteiger charge is 2.17. The molecule has 1 aromatic carbocycles. The number of hydrogen-bond acceptors (Lipinski definition) is 8. The van der Waals surface area contributed by atoms with Gasteiger partial charge in [-0.3, -0.25) is 10.1 Å². The second-order valence-corrected chi connectivity index (χ2v) is 4.46. The number of carboxylic acids is 1. The van der Waals surface area contributed by atoms with Crippen LogP contribution in [0.15, 0.2) is 36.5 Å². The Labute approximate surface area is 143 Å². The molecule has 0 aliphatic carbocycles. The van der Waals surface area contributed by atoms with E-state index < -0.39 is 10.9 Å². The van der Waals surface area contributed by atoms with Gasteiger partial charge in [-0.15, -0.1) is 0 Å². The maximum atomic E-state index is 11.0. The maximum absolute atomic E-state index is 11.0. The van der Waals surface area contributed by atoms with Gasteiger partial charge in [0.05, 0.1) is 17.6 Å². The zero-order valence-electron chi connectivity index (χ0n) is 13.4. The number of benzene rings is 1. The number of nitrogens with two attached hydrogens (primary N) is 1. The molecular formula is C15H18N4O6. The molecule has 0 fully saturated rings. The Balaban J connectivity index is 0.000000705. The molecule has 0 aliphatic rings. The van der Waals surface area contributed by atoms with E-state index in [4.69, 9.17) is 20.7 Å². The molecule has 134 valence electrons. The van der Waals surface area contributed by atoms with Crippen molar-refractivity contribution in [2.24, 2.45) is 5.73 Å². The summed E-state index contributed by atoms with van der Waals surface area (Å²) in [7, 11) is 1.56. The van der Waals surface area contributed by atoms with Crippen molar-refractivity contribution in [1.29, 1.82) is 0 Å². The van der Waals surface area contributed by atoms with E-state index >= 15 is 0 Å². The summed E-state index contributed by atoms with van der Waals surface area (Å²) in [4.78, 5) is 25.1. The van der Waals surface area contributed by atoms with Crippen LogP contribution in [0, 0.1) is 10.1 Å². The number of hydrogen-bond donors (Lipinski definition) is 4. The summed E-state index contributed by atoms with van der Waals surface area (Å²) in [5, 5.41) is 30.4. The van der Waals surface area contributed by atoms with Crippen molar-refractivity contribution in [3.05, 3.63) is 52.3 Å². The van der Waals surface area contributed by atoms with Crippen LogP contribution in [-0.4, -0.2) is 46.3 Å². The van der Waals surface area contributed by atoms with Crippen molar-refractivity contribution in [2.75, 3.05) is 25.5 Å². The van der Waals surface area contributed by atoms with Gasteiger partial charge in [-0.25, -0.2) is 9.78 Å². The van der Waals surface area contributed by atoms with Gasteiger partial charge in [0.25, 0.3) is 5.69 Å². The molecule has 1 heterocycles. The van der Waals surface area contributed by atoms with Crippen LogP contribution in [0.1, 0.15) is 10.5 Å². The second kappa shape index (κ2) is 9.80. The number of anilines is 1. The average molecular weight is 350 g/mol. The molecule has 0 aliphatic heterocycles. The standard InChI is InChI=1S/C13H11N3O5.C2H7NO/c1-14-9-5-4-8(7-10(9)16(19)20)21-11-3-2-6-15-12(11)13(17)18;3-1-2-4/h2-7,14H,1H3,(H,17,18);4H,1-3H2. The third kappa shape index (κ3) is 5.71. The minimum atomic E-state index is -1.24. The van der Waals surface area contributed by atoms with Gasteiger partial charge >= 0.3 is 5.97 Å². The van der Waals surface area contributed by atoms with E-state index in [0.29, 0.717) is 12.2 Å². The summed E-state index contributed by atoms with van der Waals surface area (Å²) in [6, 6.07) is 7.12. The number of nitrogens with one attached hydrogen (secondary N) is 1. The van der Waals surface area contributed by atoms with Gasteiger partial charge in [0.1, 0.15) is 11.4 Å². The fourth-order valence-electron chi connectivity index (χ4n) is 1.70. The molecule has 25 heavy (non-hydrogen) atoms. The molecule has 2 rings (SSSR count). The number of aromatic carboxylic acids is 1. The summed E-state index contributed by atoms with van der Waals surface area (Å²) in [6.07, 6.45) is 1.32. The number of nitro benzene ring substituents is 1. The van der Waals surface area contributed by atoms with Crippen molar-refractivity contribution in [3.63, 3.8) is 0 Å². The van der Waals surface area contributed by atoms with Crippen LogP contribution in [0.2, 0.25) is 0 Å². The largest absolute Gasteiger partial charge is 0.476 e. The molecule has 0 atom stereocenters. The van der Waals surface area contributed by atoms with Gasteiger partial charge < -0.3 is 26.0 Å². The molecule has 0 unspecified atom stereocenters. The van der Waals surface area contributed by atoms with E-state index in [1.54, 1.807) is 7.05 Å². The second-order valence-electron chi connectivity index (χ2n) is 4.46. The van der Waals surface area contributed by atoms with Crippen LogP contribution >= 0.6 is 0 Å². The number of nitro groups is 1. The first-order valence-electron chi connectivity index (χ1n) is 7.07. The molecule has 0 bridgehead atoms. The Morgan fingerprint density at radius 3 is 2.64 bits per heavy atom. The lowest BCUT2D eigenvalue weighted by Gasteiger charge is -2.09. The lowest BCUT2D eigenvalue weighted by molar-refractivity contribution is -0.384. The normalized spacial score (nSPS) is 9.56. The topological polar surface area (TPSA) is 161 Å². The van der Waals surface area contributed by atoms with E-state index in [1.807, 2.05) is 0 Å². The Kier molecular flexibility index (Phi) is 7.76. The Hall–Kier alpha value is -3.24. The zero-order chi connectivity index (χ0) is 18.8. The maximum Gasteiger partial charge on any atom is 0.358 e. The van der Waals surface area contributed by atoms with Crippen LogP contribution in [0.4, 0.5) is 11.4 Å². The fraction of sp³-hybridized carbons (Fsp3) is 0.200. The Bertz CT molecular complexity index is 736. The van der Waals surface area contributed by atoms with E-state index in [1.165, 1.54) is 36.5 Å². The number of aromatic nitrogens is 1. The van der Waals surface area contributed by atoms with Gasteiger partial charge in [0.15, 0.2) is 11.4 Å². The lowest BCUT2D eigenvalue weighted by atomic mass is 10.2. The molecule has 0 saturated carbocycles. The molecule has 1 aromatic heterocycles. The number of nitrogens with zero attached hydrogens (tertiary/aromatic N) is 2. The van der Waals surface area contributed by atoms with Crippen LogP contribution in [-0.2, 0) is 0 Å². The number of aliphatic hydroxyl groups excluding tert-OH is 1. The van der Waals surface area contributed by atoms with Gasteiger partial charge in [0, 0.05) is 19.8 Å². The number of carboxylic acid groups (broad SMARTS) is 1. The number of pyridine rings is 1. The van der Waals surface area contributed by atoms with Crippen molar-refractivity contribution >= 4 is 17.3 Å². The van der Waals surface area contributed by atoms with Crippen LogP contribution in [0.3, 0.4) is 0 Å². The monoisotopic (exact) mass is 350 g/mol. The molecule has 0 radical (unpaired) electrons. The first-order chi connectivity index (χ1) is 11.9. The number of rotatable bonds is 6. The van der Waals surface area contributed by atoms with Crippen LogP contribution in [0.25, 0.3) is 0 Å². The molecule has 10 heteroatoms. The lowest BCUT2D eigenvalue weighted by Crippen LogP contribution is -2.03. The Morgan fingerprint density at radius 2 is 2.12 bits per heavy atom.